The molecule has 0 aliphatic carbocycles. The zero-order valence-corrected chi connectivity index (χ0v) is 26.7. The summed E-state index contributed by atoms with van der Waals surface area (Å²) >= 11 is 0. The summed E-state index contributed by atoms with van der Waals surface area (Å²) in [5.74, 6) is -1.59. The first-order valence-corrected chi connectivity index (χ1v) is 15.3. The van der Waals surface area contributed by atoms with Crippen LogP contribution in [-0.2, 0) is 25.6 Å². The second-order valence-electron chi connectivity index (χ2n) is 11.4. The highest BCUT2D eigenvalue weighted by atomic mass is 16.5. The molecular weight excluding hydrogens is 578 g/mol. The van der Waals surface area contributed by atoms with Crippen LogP contribution in [0.25, 0.3) is 0 Å². The molecule has 3 atom stereocenters. The number of carbonyl (C=O) groups is 5. The number of carbonyl (C=O) groups excluding carboxylic acids is 5. The highest BCUT2D eigenvalue weighted by Gasteiger charge is 2.29. The Morgan fingerprint density at radius 1 is 0.867 bits per heavy atom. The smallest absolute Gasteiger partial charge is 0.257 e. The van der Waals surface area contributed by atoms with Crippen LogP contribution in [0.1, 0.15) is 56.0 Å². The first kappa shape index (κ1) is 34.9. The maximum absolute atomic E-state index is 13.7. The van der Waals surface area contributed by atoms with Gasteiger partial charge in [0.25, 0.3) is 5.91 Å². The Bertz CT molecular complexity index is 1330. The van der Waals surface area contributed by atoms with Gasteiger partial charge in [-0.05, 0) is 43.4 Å². The summed E-state index contributed by atoms with van der Waals surface area (Å²) < 4.78 is 10.8. The third kappa shape index (κ3) is 9.95. The number of nitrogens with one attached hydrogen (secondary N) is 4. The molecule has 1 saturated heterocycles. The zero-order valence-electron chi connectivity index (χ0n) is 26.7. The van der Waals surface area contributed by atoms with Gasteiger partial charge in [0, 0.05) is 32.5 Å². The third-order valence-corrected chi connectivity index (χ3v) is 7.59. The summed E-state index contributed by atoms with van der Waals surface area (Å²) in [5, 5.41) is 11.1. The van der Waals surface area contributed by atoms with Gasteiger partial charge in [-0.2, -0.15) is 0 Å². The molecule has 1 heterocycles. The van der Waals surface area contributed by atoms with E-state index in [1.165, 1.54) is 21.1 Å². The van der Waals surface area contributed by atoms with Gasteiger partial charge in [0.05, 0.1) is 19.8 Å². The van der Waals surface area contributed by atoms with Crippen LogP contribution in [0.5, 0.6) is 11.5 Å². The predicted octanol–water partition coefficient (Wildman–Crippen LogP) is 1.82. The number of nitrogens with zero attached hydrogens (tertiary/aromatic N) is 1. The minimum absolute atomic E-state index is 0.0560. The molecule has 1 aliphatic heterocycles. The van der Waals surface area contributed by atoms with E-state index in [-0.39, 0.29) is 56.1 Å². The average molecular weight is 624 g/mol. The standard InChI is InChI=1S/C33H45N5O7/c1-21(2)28-32(42)34-17-11-19-38(33(43)24-14-9-15-26(44-4)29(24)45-5)18-10-16-27(39)36-25(20-23-12-7-6-8-13-23)31(41)35-22(3)30(40)37-28/h6-9,12-15,21-22,25,28H,10-11,16-20H2,1-5H3,(H,34,42)(H,35,41)(H,36,39)(H,37,40)/t22-,25+,28-/m1/s1. The van der Waals surface area contributed by atoms with Gasteiger partial charge in [0.15, 0.2) is 11.5 Å². The van der Waals surface area contributed by atoms with Crippen LogP contribution in [-0.4, -0.2) is 86.4 Å². The molecule has 0 spiro atoms. The molecule has 244 valence electrons. The monoisotopic (exact) mass is 623 g/mol. The molecule has 45 heavy (non-hydrogen) atoms. The van der Waals surface area contributed by atoms with Crippen LogP contribution in [0.15, 0.2) is 48.5 Å². The summed E-state index contributed by atoms with van der Waals surface area (Å²) in [6.07, 6.45) is 1.02. The summed E-state index contributed by atoms with van der Waals surface area (Å²) in [6.45, 7) is 5.95. The van der Waals surface area contributed by atoms with Gasteiger partial charge in [-0.25, -0.2) is 0 Å². The maximum atomic E-state index is 13.7. The molecule has 2 aromatic rings. The molecule has 3 rings (SSSR count). The third-order valence-electron chi connectivity index (χ3n) is 7.59. The fraction of sp³-hybridized carbons (Fsp3) is 0.485. The van der Waals surface area contributed by atoms with Crippen LogP contribution < -0.4 is 30.7 Å². The summed E-state index contributed by atoms with van der Waals surface area (Å²) in [4.78, 5) is 67.9. The van der Waals surface area contributed by atoms with Crippen molar-refractivity contribution in [1.82, 2.24) is 26.2 Å². The first-order chi connectivity index (χ1) is 21.5. The SMILES string of the molecule is COc1cccc(C(=O)N2CCCNC(=O)[C@@H](C(C)C)NC(=O)[C@@H](C)NC(=O)[C@H](Cc3ccccc3)NC(=O)CCC2)c1OC. The Labute approximate surface area is 264 Å². The summed E-state index contributed by atoms with van der Waals surface area (Å²) in [5.41, 5.74) is 1.14. The second-order valence-corrected chi connectivity index (χ2v) is 11.4. The Balaban J connectivity index is 1.87. The average Bonchev–Trinajstić information content (AvgIpc) is 3.03. The first-order valence-electron chi connectivity index (χ1n) is 15.3. The number of ether oxygens (including phenoxy) is 2. The van der Waals surface area contributed by atoms with Crippen molar-refractivity contribution < 1.29 is 33.4 Å². The molecule has 12 heteroatoms. The van der Waals surface area contributed by atoms with E-state index in [0.717, 1.165) is 5.56 Å². The number of hydrogen-bond donors (Lipinski definition) is 4. The fourth-order valence-corrected chi connectivity index (χ4v) is 5.08. The summed E-state index contributed by atoms with van der Waals surface area (Å²) in [6, 6.07) is 11.5. The lowest BCUT2D eigenvalue weighted by molar-refractivity contribution is -0.134. The van der Waals surface area contributed by atoms with Crippen LogP contribution >= 0.6 is 0 Å². The van der Waals surface area contributed by atoms with Crippen LogP contribution in [0, 0.1) is 5.92 Å². The minimum Gasteiger partial charge on any atom is -0.493 e. The van der Waals surface area contributed by atoms with Crippen LogP contribution in [0.4, 0.5) is 0 Å². The number of para-hydroxylation sites is 1. The number of rotatable bonds is 6. The van der Waals surface area contributed by atoms with Crippen molar-refractivity contribution in [2.24, 2.45) is 5.92 Å². The number of hydrogen-bond acceptors (Lipinski definition) is 7. The van der Waals surface area contributed by atoms with Crippen LogP contribution in [0.2, 0.25) is 0 Å². The lowest BCUT2D eigenvalue weighted by Gasteiger charge is -2.27. The van der Waals surface area contributed by atoms with E-state index in [1.54, 1.807) is 23.1 Å². The van der Waals surface area contributed by atoms with Crippen molar-refractivity contribution in [2.75, 3.05) is 33.9 Å². The molecule has 2 aromatic carbocycles. The Kier molecular flexibility index (Phi) is 13.2. The van der Waals surface area contributed by atoms with Crippen molar-refractivity contribution in [1.29, 1.82) is 0 Å². The Morgan fingerprint density at radius 2 is 1.58 bits per heavy atom. The molecule has 0 bridgehead atoms. The largest absolute Gasteiger partial charge is 0.493 e. The van der Waals surface area contributed by atoms with E-state index in [0.29, 0.717) is 29.9 Å². The number of benzene rings is 2. The van der Waals surface area contributed by atoms with E-state index < -0.39 is 29.9 Å². The lowest BCUT2D eigenvalue weighted by atomic mass is 10.0. The number of amides is 5. The molecular formula is C33H45N5O7. The molecule has 4 N–H and O–H groups in total. The van der Waals surface area contributed by atoms with Crippen molar-refractivity contribution >= 4 is 29.5 Å². The van der Waals surface area contributed by atoms with Gasteiger partial charge in [-0.15, -0.1) is 0 Å². The van der Waals surface area contributed by atoms with E-state index in [2.05, 4.69) is 21.3 Å². The van der Waals surface area contributed by atoms with E-state index in [9.17, 15) is 24.0 Å². The van der Waals surface area contributed by atoms with Gasteiger partial charge in [0.1, 0.15) is 18.1 Å². The Morgan fingerprint density at radius 3 is 2.24 bits per heavy atom. The topological polar surface area (TPSA) is 155 Å². The molecule has 0 saturated carbocycles. The normalized spacial score (nSPS) is 21.0. The van der Waals surface area contributed by atoms with Gasteiger partial charge >= 0.3 is 0 Å². The molecule has 1 fully saturated rings. The van der Waals surface area contributed by atoms with Gasteiger partial charge in [0.2, 0.25) is 23.6 Å². The quantitative estimate of drug-likeness (QED) is 0.383. The molecule has 0 unspecified atom stereocenters. The lowest BCUT2D eigenvalue weighted by Crippen LogP contribution is -2.57. The molecule has 1 aliphatic rings. The maximum Gasteiger partial charge on any atom is 0.257 e. The second kappa shape index (κ2) is 17.0. The number of methoxy groups -OCH3 is 2. The van der Waals surface area contributed by atoms with Gasteiger partial charge in [-0.3, -0.25) is 24.0 Å². The van der Waals surface area contributed by atoms with E-state index >= 15 is 0 Å². The van der Waals surface area contributed by atoms with Gasteiger partial charge < -0.3 is 35.6 Å². The summed E-state index contributed by atoms with van der Waals surface area (Å²) in [7, 11) is 2.95. The van der Waals surface area contributed by atoms with Crippen LogP contribution in [0.3, 0.4) is 0 Å². The molecule has 5 amide bonds. The predicted molar refractivity (Wildman–Crippen MR) is 169 cm³/mol. The van der Waals surface area contributed by atoms with E-state index in [4.69, 9.17) is 9.47 Å². The zero-order chi connectivity index (χ0) is 32.9. The molecule has 0 radical (unpaired) electrons. The Hall–Kier alpha value is -4.61. The van der Waals surface area contributed by atoms with Crippen molar-refractivity contribution in [3.8, 4) is 11.5 Å². The highest BCUT2D eigenvalue weighted by Crippen LogP contribution is 2.31. The minimum atomic E-state index is -0.950. The van der Waals surface area contributed by atoms with Crippen molar-refractivity contribution in [3.05, 3.63) is 59.7 Å². The highest BCUT2D eigenvalue weighted by molar-refractivity contribution is 5.98. The van der Waals surface area contributed by atoms with Crippen molar-refractivity contribution in [2.45, 2.75) is 64.6 Å². The van der Waals surface area contributed by atoms with Gasteiger partial charge in [-0.1, -0.05) is 50.2 Å². The molecule has 12 nitrogen and oxygen atoms in total. The fourth-order valence-electron chi connectivity index (χ4n) is 5.08. The van der Waals surface area contributed by atoms with Crippen molar-refractivity contribution in [3.63, 3.8) is 0 Å². The molecule has 0 aromatic heterocycles. The van der Waals surface area contributed by atoms with E-state index in [1.807, 2.05) is 44.2 Å².